The molecule has 0 spiro atoms. The number of aromatic nitrogens is 1. The summed E-state index contributed by atoms with van der Waals surface area (Å²) in [6.07, 6.45) is 0.953. The minimum atomic E-state index is -3.46. The van der Waals surface area contributed by atoms with E-state index >= 15 is 0 Å². The number of piperazine rings is 1. The van der Waals surface area contributed by atoms with Crippen LogP contribution in [-0.4, -0.2) is 48.8 Å². The average molecular weight is 428 g/mol. The molecule has 2 aromatic carbocycles. The largest absolute Gasteiger partial charge is 0.439 e. The van der Waals surface area contributed by atoms with E-state index in [2.05, 4.69) is 23.7 Å². The summed E-state index contributed by atoms with van der Waals surface area (Å²) in [6.45, 7) is 9.18. The zero-order chi connectivity index (χ0) is 21.3. The van der Waals surface area contributed by atoms with Crippen LogP contribution in [0.4, 0.5) is 0 Å². The molecule has 0 N–H and O–H groups in total. The summed E-state index contributed by atoms with van der Waals surface area (Å²) < 4.78 is 33.5. The van der Waals surface area contributed by atoms with Gasteiger partial charge >= 0.3 is 0 Å². The van der Waals surface area contributed by atoms with Crippen LogP contribution < -0.4 is 0 Å². The topological polar surface area (TPSA) is 66.7 Å². The highest BCUT2D eigenvalue weighted by molar-refractivity contribution is 7.89. The van der Waals surface area contributed by atoms with E-state index in [1.807, 2.05) is 37.3 Å². The van der Waals surface area contributed by atoms with E-state index in [1.165, 1.54) is 5.56 Å². The van der Waals surface area contributed by atoms with Crippen LogP contribution in [-0.2, 0) is 23.0 Å². The number of oxazole rings is 1. The van der Waals surface area contributed by atoms with Crippen molar-refractivity contribution >= 4 is 21.1 Å². The Bertz CT molecular complexity index is 1110. The Hall–Kier alpha value is -2.22. The first-order chi connectivity index (χ1) is 14.3. The van der Waals surface area contributed by atoms with Gasteiger partial charge in [-0.05, 0) is 54.7 Å². The summed E-state index contributed by atoms with van der Waals surface area (Å²) in [6, 6.07) is 13.3. The number of hydrogen-bond acceptors (Lipinski definition) is 5. The molecule has 3 aromatic rings. The maximum absolute atomic E-state index is 13.0. The average Bonchev–Trinajstić information content (AvgIpc) is 3.09. The summed E-state index contributed by atoms with van der Waals surface area (Å²) >= 11 is 0. The van der Waals surface area contributed by atoms with E-state index in [0.717, 1.165) is 23.1 Å². The zero-order valence-corrected chi connectivity index (χ0v) is 18.7. The number of aryl methyl sites for hydroxylation is 1. The monoisotopic (exact) mass is 427 g/mol. The third-order valence-electron chi connectivity index (χ3n) is 5.48. The Labute approximate surface area is 178 Å². The van der Waals surface area contributed by atoms with Crippen molar-refractivity contribution in [3.05, 3.63) is 59.5 Å². The lowest BCUT2D eigenvalue weighted by molar-refractivity contribution is 0.169. The Morgan fingerprint density at radius 1 is 1.03 bits per heavy atom. The summed E-state index contributed by atoms with van der Waals surface area (Å²) in [5.41, 5.74) is 3.97. The molecule has 160 valence electrons. The molecule has 1 fully saturated rings. The van der Waals surface area contributed by atoms with Gasteiger partial charge < -0.3 is 4.42 Å². The quantitative estimate of drug-likeness (QED) is 0.598. The van der Waals surface area contributed by atoms with Crippen molar-refractivity contribution < 1.29 is 12.8 Å². The number of nitrogens with zero attached hydrogens (tertiary/aromatic N) is 3. The highest BCUT2D eigenvalue weighted by Gasteiger charge is 2.29. The molecule has 1 aliphatic rings. The van der Waals surface area contributed by atoms with Crippen molar-refractivity contribution in [2.24, 2.45) is 5.92 Å². The van der Waals surface area contributed by atoms with Crippen molar-refractivity contribution in [2.75, 3.05) is 26.2 Å². The molecule has 4 rings (SSSR count). The molecule has 0 unspecified atom stereocenters. The molecule has 1 aromatic heterocycles. The number of rotatable bonds is 6. The van der Waals surface area contributed by atoms with Crippen LogP contribution in [0.5, 0.6) is 0 Å². The summed E-state index contributed by atoms with van der Waals surface area (Å²) in [7, 11) is -3.46. The molecule has 0 radical (unpaired) electrons. The van der Waals surface area contributed by atoms with E-state index in [4.69, 9.17) is 4.42 Å². The lowest BCUT2D eigenvalue weighted by atomic mass is 10.0. The molecule has 0 saturated carbocycles. The first-order valence-electron chi connectivity index (χ1n) is 10.5. The predicted molar refractivity (Wildman–Crippen MR) is 118 cm³/mol. The van der Waals surface area contributed by atoms with Gasteiger partial charge in [-0.1, -0.05) is 32.0 Å². The van der Waals surface area contributed by atoms with Gasteiger partial charge in [-0.15, -0.1) is 0 Å². The maximum Gasteiger partial charge on any atom is 0.243 e. The van der Waals surface area contributed by atoms with Crippen molar-refractivity contribution in [3.63, 3.8) is 0 Å². The second kappa shape index (κ2) is 8.49. The van der Waals surface area contributed by atoms with Crippen molar-refractivity contribution in [3.8, 4) is 0 Å². The highest BCUT2D eigenvalue weighted by Crippen LogP contribution is 2.21. The first kappa shape index (κ1) is 21.0. The molecule has 0 aliphatic carbocycles. The SMILES string of the molecule is Cc1ccc2nc(CN3CCN(S(=O)(=O)c4ccc(CC(C)C)cc4)CC3)oc2c1. The van der Waals surface area contributed by atoms with E-state index in [1.54, 1.807) is 16.4 Å². The minimum absolute atomic E-state index is 0.373. The van der Waals surface area contributed by atoms with Gasteiger partial charge in [-0.25, -0.2) is 13.4 Å². The zero-order valence-electron chi connectivity index (χ0n) is 17.8. The molecule has 1 aliphatic heterocycles. The van der Waals surface area contributed by atoms with E-state index in [0.29, 0.717) is 49.4 Å². The van der Waals surface area contributed by atoms with Crippen LogP contribution >= 0.6 is 0 Å². The van der Waals surface area contributed by atoms with Crippen molar-refractivity contribution in [2.45, 2.75) is 38.6 Å². The fourth-order valence-corrected chi connectivity index (χ4v) is 5.31. The van der Waals surface area contributed by atoms with E-state index < -0.39 is 10.0 Å². The number of benzene rings is 2. The van der Waals surface area contributed by atoms with Gasteiger partial charge in [-0.3, -0.25) is 4.90 Å². The number of fused-ring (bicyclic) bond motifs is 1. The van der Waals surface area contributed by atoms with Crippen molar-refractivity contribution in [1.82, 2.24) is 14.2 Å². The summed E-state index contributed by atoms with van der Waals surface area (Å²) in [5.74, 6) is 1.22. The molecular weight excluding hydrogens is 398 g/mol. The fourth-order valence-electron chi connectivity index (χ4n) is 3.88. The van der Waals surface area contributed by atoms with Crippen LogP contribution in [0.1, 0.15) is 30.9 Å². The van der Waals surface area contributed by atoms with Crippen molar-refractivity contribution in [1.29, 1.82) is 0 Å². The van der Waals surface area contributed by atoms with Gasteiger partial charge in [0.15, 0.2) is 5.58 Å². The molecular formula is C23H29N3O3S. The Balaban J connectivity index is 1.38. The molecule has 0 atom stereocenters. The van der Waals surface area contributed by atoms with Crippen LogP contribution in [0.2, 0.25) is 0 Å². The Morgan fingerprint density at radius 3 is 2.40 bits per heavy atom. The van der Waals surface area contributed by atoms with Gasteiger partial charge in [0.1, 0.15) is 5.52 Å². The van der Waals surface area contributed by atoms with E-state index in [9.17, 15) is 8.42 Å². The Morgan fingerprint density at radius 2 is 1.73 bits per heavy atom. The lowest BCUT2D eigenvalue weighted by Gasteiger charge is -2.33. The lowest BCUT2D eigenvalue weighted by Crippen LogP contribution is -2.48. The van der Waals surface area contributed by atoms with Gasteiger partial charge in [0, 0.05) is 26.2 Å². The van der Waals surface area contributed by atoms with Crippen LogP contribution in [0.25, 0.3) is 11.1 Å². The predicted octanol–water partition coefficient (Wildman–Crippen LogP) is 3.84. The normalized spacial score (nSPS) is 16.5. The van der Waals surface area contributed by atoms with E-state index in [-0.39, 0.29) is 0 Å². The molecule has 0 bridgehead atoms. The van der Waals surface area contributed by atoms with Crippen LogP contribution in [0.15, 0.2) is 51.8 Å². The van der Waals surface area contributed by atoms with Gasteiger partial charge in [0.25, 0.3) is 0 Å². The third-order valence-corrected chi connectivity index (χ3v) is 7.40. The molecule has 7 heteroatoms. The van der Waals surface area contributed by atoms with Gasteiger partial charge in [-0.2, -0.15) is 4.31 Å². The second-order valence-electron chi connectivity index (χ2n) is 8.50. The molecule has 0 amide bonds. The minimum Gasteiger partial charge on any atom is -0.439 e. The standard InChI is InChI=1S/C23H29N3O3S/c1-17(2)14-19-5-7-20(8-6-19)30(27,28)26-12-10-25(11-13-26)16-23-24-21-9-4-18(3)15-22(21)29-23/h4-9,15,17H,10-14,16H2,1-3H3. The van der Waals surface area contributed by atoms with Gasteiger partial charge in [0.2, 0.25) is 15.9 Å². The maximum atomic E-state index is 13.0. The van der Waals surface area contributed by atoms with Gasteiger partial charge in [0.05, 0.1) is 11.4 Å². The second-order valence-corrected chi connectivity index (χ2v) is 10.4. The number of hydrogen-bond donors (Lipinski definition) is 0. The third kappa shape index (κ3) is 4.58. The molecule has 30 heavy (non-hydrogen) atoms. The smallest absolute Gasteiger partial charge is 0.243 e. The highest BCUT2D eigenvalue weighted by atomic mass is 32.2. The summed E-state index contributed by atoms with van der Waals surface area (Å²) in [4.78, 5) is 7.11. The Kier molecular flexibility index (Phi) is 5.95. The van der Waals surface area contributed by atoms with Crippen LogP contribution in [0.3, 0.4) is 0 Å². The summed E-state index contributed by atoms with van der Waals surface area (Å²) in [5, 5.41) is 0. The fraction of sp³-hybridized carbons (Fsp3) is 0.435. The first-order valence-corrected chi connectivity index (χ1v) is 11.9. The van der Waals surface area contributed by atoms with Crippen LogP contribution in [0, 0.1) is 12.8 Å². The molecule has 1 saturated heterocycles. The number of sulfonamides is 1. The molecule has 6 nitrogen and oxygen atoms in total. The molecule has 2 heterocycles.